The number of fused-ring (bicyclic) bond motifs is 1. The largest absolute Gasteiger partial charge is 0.451 e. The molecule has 0 fully saturated rings. The van der Waals surface area contributed by atoms with Gasteiger partial charge in [0, 0.05) is 41.1 Å². The van der Waals surface area contributed by atoms with Crippen molar-refractivity contribution in [3.05, 3.63) is 77.8 Å². The van der Waals surface area contributed by atoms with Crippen LogP contribution >= 0.6 is 11.8 Å². The van der Waals surface area contributed by atoms with Gasteiger partial charge in [-0.3, -0.25) is 4.79 Å². The van der Waals surface area contributed by atoms with Crippen molar-refractivity contribution in [2.75, 3.05) is 6.54 Å². The van der Waals surface area contributed by atoms with Crippen LogP contribution in [0.25, 0.3) is 11.0 Å². The highest BCUT2D eigenvalue weighted by Crippen LogP contribution is 2.33. The Morgan fingerprint density at radius 3 is 2.83 bits per heavy atom. The minimum atomic E-state index is -0.294. The van der Waals surface area contributed by atoms with Gasteiger partial charge in [0.1, 0.15) is 23.6 Å². The molecule has 0 aliphatic rings. The molecule has 4 rings (SSSR count). The Hall–Kier alpha value is -3.13. The van der Waals surface area contributed by atoms with Crippen molar-refractivity contribution < 1.29 is 13.6 Å². The van der Waals surface area contributed by atoms with E-state index in [9.17, 15) is 9.18 Å². The Morgan fingerprint density at radius 1 is 1.20 bits per heavy atom. The first-order valence-corrected chi connectivity index (χ1v) is 10.7. The molecular weight excluding hydrogens is 403 g/mol. The number of benzene rings is 2. The minimum absolute atomic E-state index is 0.261. The molecule has 0 saturated carbocycles. The fraction of sp³-hybridized carbons (Fsp3) is 0.227. The van der Waals surface area contributed by atoms with E-state index in [0.717, 1.165) is 23.3 Å². The molecular formula is C22H21FN4O2S. The van der Waals surface area contributed by atoms with Crippen LogP contribution in [0.4, 0.5) is 4.39 Å². The van der Waals surface area contributed by atoms with Crippen molar-refractivity contribution in [2.24, 2.45) is 0 Å². The average molecular weight is 425 g/mol. The Bertz CT molecular complexity index is 1170. The van der Waals surface area contributed by atoms with Gasteiger partial charge in [0.05, 0.1) is 0 Å². The summed E-state index contributed by atoms with van der Waals surface area (Å²) in [5.41, 5.74) is 1.39. The van der Waals surface area contributed by atoms with E-state index in [2.05, 4.69) is 15.5 Å². The van der Waals surface area contributed by atoms with E-state index in [0.29, 0.717) is 29.2 Å². The Balaban J connectivity index is 1.51. The van der Waals surface area contributed by atoms with Crippen LogP contribution < -0.4 is 5.32 Å². The summed E-state index contributed by atoms with van der Waals surface area (Å²) in [6.45, 7) is 3.20. The number of amides is 1. The summed E-state index contributed by atoms with van der Waals surface area (Å²) in [6.07, 6.45) is 2.24. The number of hydrogen-bond donors (Lipinski definition) is 1. The predicted octanol–water partition coefficient (Wildman–Crippen LogP) is 4.45. The molecule has 1 N–H and O–H groups in total. The van der Waals surface area contributed by atoms with Crippen molar-refractivity contribution >= 4 is 28.6 Å². The van der Waals surface area contributed by atoms with Gasteiger partial charge in [-0.05, 0) is 25.1 Å². The second kappa shape index (κ2) is 9.13. The van der Waals surface area contributed by atoms with E-state index in [4.69, 9.17) is 4.42 Å². The zero-order valence-electron chi connectivity index (χ0n) is 16.5. The van der Waals surface area contributed by atoms with Crippen LogP contribution in [-0.4, -0.2) is 27.2 Å². The van der Waals surface area contributed by atoms with Crippen molar-refractivity contribution in [1.29, 1.82) is 0 Å². The zero-order chi connectivity index (χ0) is 20.9. The molecule has 0 aliphatic heterocycles. The van der Waals surface area contributed by atoms with Crippen LogP contribution in [0.2, 0.25) is 0 Å². The van der Waals surface area contributed by atoms with E-state index in [1.54, 1.807) is 24.5 Å². The maximum absolute atomic E-state index is 14.0. The lowest BCUT2D eigenvalue weighted by molar-refractivity contribution is 0.0927. The van der Waals surface area contributed by atoms with Gasteiger partial charge in [-0.1, -0.05) is 30.3 Å². The van der Waals surface area contributed by atoms with Gasteiger partial charge in [-0.15, -0.1) is 22.0 Å². The zero-order valence-corrected chi connectivity index (χ0v) is 17.3. The van der Waals surface area contributed by atoms with Gasteiger partial charge >= 0.3 is 0 Å². The fourth-order valence-electron chi connectivity index (χ4n) is 3.24. The summed E-state index contributed by atoms with van der Waals surface area (Å²) in [6, 6.07) is 14.1. The van der Waals surface area contributed by atoms with Gasteiger partial charge in [0.25, 0.3) is 5.91 Å². The average Bonchev–Trinajstić information content (AvgIpc) is 3.37. The predicted molar refractivity (Wildman–Crippen MR) is 114 cm³/mol. The van der Waals surface area contributed by atoms with Crippen LogP contribution in [0, 0.1) is 5.82 Å². The molecule has 0 aliphatic carbocycles. The standard InChI is InChI=1S/C22H21FN4O2S/c1-2-27-14-25-26-20(27)11-12-24-22(28)21-16(15-7-3-5-9-18(15)29-21)13-30-19-10-6-4-8-17(19)23/h3-10,14H,2,11-13H2,1H3,(H,24,28). The van der Waals surface area contributed by atoms with Crippen molar-refractivity contribution in [2.45, 2.75) is 30.5 Å². The molecule has 0 bridgehead atoms. The number of nitrogens with zero attached hydrogens (tertiary/aromatic N) is 3. The highest BCUT2D eigenvalue weighted by molar-refractivity contribution is 7.98. The second-order valence-electron chi connectivity index (χ2n) is 6.66. The highest BCUT2D eigenvalue weighted by Gasteiger charge is 2.21. The molecule has 154 valence electrons. The smallest absolute Gasteiger partial charge is 0.287 e. The van der Waals surface area contributed by atoms with E-state index in [1.807, 2.05) is 35.8 Å². The van der Waals surface area contributed by atoms with E-state index < -0.39 is 0 Å². The maximum Gasteiger partial charge on any atom is 0.287 e. The first-order valence-electron chi connectivity index (χ1n) is 9.70. The van der Waals surface area contributed by atoms with Crippen LogP contribution in [0.3, 0.4) is 0 Å². The van der Waals surface area contributed by atoms with Crippen LogP contribution in [-0.2, 0) is 18.7 Å². The number of halogens is 1. The molecule has 0 radical (unpaired) electrons. The van der Waals surface area contributed by atoms with E-state index >= 15 is 0 Å². The Morgan fingerprint density at radius 2 is 2.00 bits per heavy atom. The summed E-state index contributed by atoms with van der Waals surface area (Å²) in [5.74, 6) is 0.930. The summed E-state index contributed by atoms with van der Waals surface area (Å²) < 4.78 is 21.8. The van der Waals surface area contributed by atoms with Gasteiger partial charge < -0.3 is 14.3 Å². The topological polar surface area (TPSA) is 73.0 Å². The third kappa shape index (κ3) is 4.23. The highest BCUT2D eigenvalue weighted by atomic mass is 32.2. The van der Waals surface area contributed by atoms with Crippen LogP contribution in [0.15, 0.2) is 64.2 Å². The lowest BCUT2D eigenvalue weighted by Crippen LogP contribution is -2.26. The maximum atomic E-state index is 14.0. The molecule has 6 nitrogen and oxygen atoms in total. The van der Waals surface area contributed by atoms with Crippen molar-refractivity contribution in [3.8, 4) is 0 Å². The number of carbonyl (C=O) groups is 1. The summed E-state index contributed by atoms with van der Waals surface area (Å²) in [7, 11) is 0. The molecule has 2 aromatic heterocycles. The van der Waals surface area contributed by atoms with E-state index in [-0.39, 0.29) is 17.5 Å². The summed E-state index contributed by atoms with van der Waals surface area (Å²) in [5, 5.41) is 11.7. The molecule has 0 spiro atoms. The number of furan rings is 1. The number of nitrogens with one attached hydrogen (secondary N) is 1. The first kappa shape index (κ1) is 20.2. The number of para-hydroxylation sites is 1. The minimum Gasteiger partial charge on any atom is -0.451 e. The molecule has 2 heterocycles. The molecule has 8 heteroatoms. The van der Waals surface area contributed by atoms with Crippen molar-refractivity contribution in [3.63, 3.8) is 0 Å². The summed E-state index contributed by atoms with van der Waals surface area (Å²) in [4.78, 5) is 13.4. The SMILES string of the molecule is CCn1cnnc1CCNC(=O)c1oc2ccccc2c1CSc1ccccc1F. The Labute approximate surface area is 177 Å². The quantitative estimate of drug-likeness (QED) is 0.423. The van der Waals surface area contributed by atoms with Gasteiger partial charge in [0.2, 0.25) is 0 Å². The van der Waals surface area contributed by atoms with Gasteiger partial charge in [-0.2, -0.15) is 0 Å². The molecule has 0 atom stereocenters. The number of aromatic nitrogens is 3. The fourth-order valence-corrected chi connectivity index (χ4v) is 4.21. The number of hydrogen-bond acceptors (Lipinski definition) is 5. The molecule has 0 saturated heterocycles. The third-order valence-corrected chi connectivity index (χ3v) is 5.86. The summed E-state index contributed by atoms with van der Waals surface area (Å²) >= 11 is 1.34. The van der Waals surface area contributed by atoms with Crippen LogP contribution in [0.5, 0.6) is 0 Å². The molecule has 1 amide bonds. The van der Waals surface area contributed by atoms with Crippen molar-refractivity contribution in [1.82, 2.24) is 20.1 Å². The lowest BCUT2D eigenvalue weighted by atomic mass is 10.1. The third-order valence-electron chi connectivity index (χ3n) is 4.78. The van der Waals surface area contributed by atoms with Crippen LogP contribution in [0.1, 0.15) is 28.9 Å². The Kier molecular flexibility index (Phi) is 6.13. The number of aryl methyl sites for hydroxylation is 1. The second-order valence-corrected chi connectivity index (χ2v) is 7.68. The number of rotatable bonds is 8. The lowest BCUT2D eigenvalue weighted by Gasteiger charge is -2.07. The van der Waals surface area contributed by atoms with E-state index in [1.165, 1.54) is 17.8 Å². The monoisotopic (exact) mass is 424 g/mol. The van der Waals surface area contributed by atoms with Gasteiger partial charge in [0.15, 0.2) is 5.76 Å². The molecule has 0 unspecified atom stereocenters. The molecule has 4 aromatic rings. The number of carbonyl (C=O) groups excluding carboxylic acids is 1. The number of thioether (sulfide) groups is 1. The molecule has 2 aromatic carbocycles. The molecule has 30 heavy (non-hydrogen) atoms. The first-order chi connectivity index (χ1) is 14.7. The normalized spacial score (nSPS) is 11.1. The van der Waals surface area contributed by atoms with Gasteiger partial charge in [-0.25, -0.2) is 4.39 Å².